The fourth-order valence-corrected chi connectivity index (χ4v) is 4.71. The first-order chi connectivity index (χ1) is 15.3. The van der Waals surface area contributed by atoms with Gasteiger partial charge in [0.15, 0.2) is 11.5 Å². The van der Waals surface area contributed by atoms with E-state index in [-0.39, 0.29) is 27.8 Å². The Morgan fingerprint density at radius 1 is 1.12 bits per heavy atom. The summed E-state index contributed by atoms with van der Waals surface area (Å²) in [5.74, 6) is -0.0103. The molecule has 32 heavy (non-hydrogen) atoms. The molecule has 166 valence electrons. The van der Waals surface area contributed by atoms with Gasteiger partial charge in [-0.3, -0.25) is 14.8 Å². The number of nitrogens with one attached hydrogen (secondary N) is 1. The largest absolute Gasteiger partial charge is 0.486 e. The van der Waals surface area contributed by atoms with E-state index in [0.29, 0.717) is 30.3 Å². The molecular weight excluding hydrogens is 460 g/mol. The summed E-state index contributed by atoms with van der Waals surface area (Å²) in [7, 11) is -4.04. The number of carbonyl (C=O) groups is 1. The Morgan fingerprint density at radius 3 is 2.62 bits per heavy atom. The number of hydrogen-bond acceptors (Lipinski definition) is 9. The van der Waals surface area contributed by atoms with Gasteiger partial charge < -0.3 is 14.2 Å². The van der Waals surface area contributed by atoms with E-state index >= 15 is 0 Å². The molecule has 0 amide bonds. The van der Waals surface area contributed by atoms with Crippen molar-refractivity contribution in [3.63, 3.8) is 0 Å². The molecule has 0 aliphatic carbocycles. The van der Waals surface area contributed by atoms with Crippen LogP contribution in [0.3, 0.4) is 0 Å². The summed E-state index contributed by atoms with van der Waals surface area (Å²) in [6.45, 7) is 0.504. The van der Waals surface area contributed by atoms with Gasteiger partial charge in [-0.25, -0.2) is 13.2 Å². The quantitative estimate of drug-likeness (QED) is 0.311. The Bertz CT molecular complexity index is 1290. The number of nitrogens with zero attached hydrogens (tertiary/aromatic N) is 1. The Kier molecular flexibility index (Phi) is 5.97. The molecule has 0 saturated carbocycles. The monoisotopic (exact) mass is 476 g/mol. The lowest BCUT2D eigenvalue weighted by atomic mass is 10.2. The first-order valence-electron chi connectivity index (χ1n) is 9.24. The van der Waals surface area contributed by atoms with Gasteiger partial charge in [-0.15, -0.1) is 0 Å². The highest BCUT2D eigenvalue weighted by Gasteiger charge is 2.22. The van der Waals surface area contributed by atoms with Gasteiger partial charge >= 0.3 is 11.0 Å². The molecule has 3 aromatic rings. The molecule has 1 aliphatic rings. The predicted octanol–water partition coefficient (Wildman–Crippen LogP) is 3.59. The van der Waals surface area contributed by atoms with Crippen molar-refractivity contribution in [3.8, 4) is 11.5 Å². The third kappa shape index (κ3) is 4.65. The number of esters is 1. The van der Waals surface area contributed by atoms with E-state index in [1.54, 1.807) is 12.1 Å². The highest BCUT2D eigenvalue weighted by atomic mass is 32.2. The number of anilines is 1. The zero-order valence-corrected chi connectivity index (χ0v) is 18.0. The molecule has 2 aromatic carbocycles. The molecule has 1 aliphatic heterocycles. The van der Waals surface area contributed by atoms with Crippen molar-refractivity contribution in [2.45, 2.75) is 11.5 Å². The lowest BCUT2D eigenvalue weighted by molar-refractivity contribution is -0.380. The van der Waals surface area contributed by atoms with Gasteiger partial charge in [0.25, 0.3) is 10.0 Å². The smallest absolute Gasteiger partial charge is 0.340 e. The lowest BCUT2D eigenvalue weighted by Crippen LogP contribution is -2.18. The number of para-hydroxylation sites is 1. The second-order valence-corrected chi connectivity index (χ2v) is 9.16. The maximum absolute atomic E-state index is 12.9. The molecule has 2 heterocycles. The number of fused-ring (bicyclic) bond motifs is 1. The molecule has 0 radical (unpaired) electrons. The van der Waals surface area contributed by atoms with Crippen LogP contribution in [-0.4, -0.2) is 32.5 Å². The van der Waals surface area contributed by atoms with Crippen molar-refractivity contribution in [1.29, 1.82) is 0 Å². The SMILES string of the molecule is O=C(OCc1csc([N+](=O)[O-])c1)c1ccccc1NS(=O)(=O)c1ccc2c(c1)OCCO2. The van der Waals surface area contributed by atoms with Gasteiger partial charge in [-0.2, -0.15) is 0 Å². The van der Waals surface area contributed by atoms with E-state index in [9.17, 15) is 23.3 Å². The molecule has 10 nitrogen and oxygen atoms in total. The Labute approximate surface area is 186 Å². The molecule has 12 heteroatoms. The van der Waals surface area contributed by atoms with Crippen molar-refractivity contribution in [2.24, 2.45) is 0 Å². The minimum Gasteiger partial charge on any atom is -0.486 e. The molecular formula is C20H16N2O8S2. The van der Waals surface area contributed by atoms with Crippen LogP contribution in [0.25, 0.3) is 0 Å². The summed E-state index contributed by atoms with van der Waals surface area (Å²) in [6, 6.07) is 11.5. The topological polar surface area (TPSA) is 134 Å². The fraction of sp³-hybridized carbons (Fsp3) is 0.150. The van der Waals surface area contributed by atoms with Crippen LogP contribution in [0.2, 0.25) is 0 Å². The van der Waals surface area contributed by atoms with Crippen molar-refractivity contribution in [3.05, 3.63) is 75.2 Å². The third-order valence-electron chi connectivity index (χ3n) is 4.41. The standard InChI is InChI=1S/C20H16N2O8S2/c23-20(30-11-13-9-19(22(24)25)31-12-13)15-3-1-2-4-16(15)21-32(26,27)14-5-6-17-18(10-14)29-8-7-28-17/h1-6,9-10,12,21H,7-8,11H2. The van der Waals surface area contributed by atoms with Crippen LogP contribution >= 0.6 is 11.3 Å². The van der Waals surface area contributed by atoms with Crippen LogP contribution in [0.15, 0.2) is 58.8 Å². The first kappa shape index (κ1) is 21.6. The van der Waals surface area contributed by atoms with E-state index in [1.165, 1.54) is 41.8 Å². The number of benzene rings is 2. The highest BCUT2D eigenvalue weighted by Crippen LogP contribution is 2.33. The van der Waals surface area contributed by atoms with Gasteiger partial charge in [0.2, 0.25) is 0 Å². The second kappa shape index (κ2) is 8.85. The van der Waals surface area contributed by atoms with E-state index in [1.807, 2.05) is 0 Å². The van der Waals surface area contributed by atoms with Crippen molar-refractivity contribution >= 4 is 38.0 Å². The molecule has 1 aromatic heterocycles. The van der Waals surface area contributed by atoms with Crippen LogP contribution in [0, 0.1) is 10.1 Å². The number of ether oxygens (including phenoxy) is 3. The summed E-state index contributed by atoms with van der Waals surface area (Å²) < 4.78 is 44.2. The van der Waals surface area contributed by atoms with Crippen LogP contribution in [-0.2, 0) is 21.4 Å². The van der Waals surface area contributed by atoms with Crippen LogP contribution in [0.1, 0.15) is 15.9 Å². The number of thiophene rings is 1. The minimum atomic E-state index is -4.04. The molecule has 0 fully saturated rings. The van der Waals surface area contributed by atoms with Crippen LogP contribution in [0.5, 0.6) is 11.5 Å². The molecule has 0 unspecified atom stereocenters. The summed E-state index contributed by atoms with van der Waals surface area (Å²) in [5.41, 5.74) is 0.492. The summed E-state index contributed by atoms with van der Waals surface area (Å²) >= 11 is 0.922. The Balaban J connectivity index is 1.51. The Morgan fingerprint density at radius 2 is 1.88 bits per heavy atom. The summed E-state index contributed by atoms with van der Waals surface area (Å²) in [4.78, 5) is 22.8. The lowest BCUT2D eigenvalue weighted by Gasteiger charge is -2.19. The molecule has 0 bridgehead atoms. The third-order valence-corrected chi connectivity index (χ3v) is 6.70. The molecule has 1 N–H and O–H groups in total. The number of carbonyl (C=O) groups excluding carboxylic acids is 1. The number of hydrogen-bond donors (Lipinski definition) is 1. The number of sulfonamides is 1. The average Bonchev–Trinajstić information content (AvgIpc) is 3.27. The normalized spacial score (nSPS) is 12.8. The number of rotatable bonds is 7. The Hall–Kier alpha value is -3.64. The zero-order chi connectivity index (χ0) is 22.7. The molecule has 0 spiro atoms. The fourth-order valence-electron chi connectivity index (χ4n) is 2.91. The van der Waals surface area contributed by atoms with Gasteiger partial charge in [0, 0.05) is 23.1 Å². The summed E-state index contributed by atoms with van der Waals surface area (Å²) in [5, 5.41) is 12.2. The maximum Gasteiger partial charge on any atom is 0.340 e. The summed E-state index contributed by atoms with van der Waals surface area (Å²) in [6.07, 6.45) is 0. The predicted molar refractivity (Wildman–Crippen MR) is 115 cm³/mol. The van der Waals surface area contributed by atoms with Crippen molar-refractivity contribution in [2.75, 3.05) is 17.9 Å². The van der Waals surface area contributed by atoms with Crippen molar-refractivity contribution < 1.29 is 32.3 Å². The van der Waals surface area contributed by atoms with Crippen LogP contribution in [0.4, 0.5) is 10.7 Å². The van der Waals surface area contributed by atoms with Crippen molar-refractivity contribution in [1.82, 2.24) is 0 Å². The van der Waals surface area contributed by atoms with Gasteiger partial charge in [-0.05, 0) is 24.3 Å². The molecule has 0 atom stereocenters. The molecule has 0 saturated heterocycles. The zero-order valence-electron chi connectivity index (χ0n) is 16.3. The number of nitro groups is 1. The van der Waals surface area contributed by atoms with Crippen LogP contribution < -0.4 is 14.2 Å². The van der Waals surface area contributed by atoms with E-state index in [4.69, 9.17) is 14.2 Å². The first-order valence-corrected chi connectivity index (χ1v) is 11.6. The van der Waals surface area contributed by atoms with Gasteiger partial charge in [0.1, 0.15) is 19.8 Å². The highest BCUT2D eigenvalue weighted by molar-refractivity contribution is 7.92. The van der Waals surface area contributed by atoms with E-state index < -0.39 is 20.9 Å². The van der Waals surface area contributed by atoms with Gasteiger partial charge in [-0.1, -0.05) is 23.5 Å². The average molecular weight is 476 g/mol. The van der Waals surface area contributed by atoms with E-state index in [0.717, 1.165) is 11.3 Å². The second-order valence-electron chi connectivity index (χ2n) is 6.58. The van der Waals surface area contributed by atoms with E-state index in [2.05, 4.69) is 4.72 Å². The molecule has 4 rings (SSSR count). The van der Waals surface area contributed by atoms with Gasteiger partial charge in [0.05, 0.1) is 21.1 Å². The maximum atomic E-state index is 12.9. The minimum absolute atomic E-state index is 0.00153.